The molecular formula is C21H15N3O. The second kappa shape index (κ2) is 6.50. The van der Waals surface area contributed by atoms with E-state index >= 15 is 0 Å². The summed E-state index contributed by atoms with van der Waals surface area (Å²) in [7, 11) is 0. The number of hydrogen-bond acceptors (Lipinski definition) is 3. The van der Waals surface area contributed by atoms with E-state index in [2.05, 4.69) is 11.1 Å². The Morgan fingerprint density at radius 1 is 0.960 bits per heavy atom. The van der Waals surface area contributed by atoms with Gasteiger partial charge in [-0.15, -0.1) is 0 Å². The summed E-state index contributed by atoms with van der Waals surface area (Å²) in [6.45, 7) is 0.512. The van der Waals surface area contributed by atoms with Gasteiger partial charge in [-0.1, -0.05) is 36.4 Å². The third-order valence-electron chi connectivity index (χ3n) is 4.01. The summed E-state index contributed by atoms with van der Waals surface area (Å²) in [5, 5.41) is 10.4. The van der Waals surface area contributed by atoms with Crippen molar-refractivity contribution >= 4 is 10.9 Å². The van der Waals surface area contributed by atoms with Crippen LogP contribution in [-0.4, -0.2) is 9.55 Å². The van der Waals surface area contributed by atoms with E-state index in [1.807, 2.05) is 77.4 Å². The van der Waals surface area contributed by atoms with Crippen molar-refractivity contribution in [2.75, 3.05) is 0 Å². The summed E-state index contributed by atoms with van der Waals surface area (Å²) >= 11 is 0. The van der Waals surface area contributed by atoms with Crippen LogP contribution in [0.4, 0.5) is 0 Å². The molecule has 25 heavy (non-hydrogen) atoms. The van der Waals surface area contributed by atoms with Crippen molar-refractivity contribution in [2.24, 2.45) is 0 Å². The normalized spacial score (nSPS) is 10.5. The van der Waals surface area contributed by atoms with Crippen LogP contribution in [0.5, 0.6) is 5.75 Å². The summed E-state index contributed by atoms with van der Waals surface area (Å²) < 4.78 is 7.74. The van der Waals surface area contributed by atoms with Crippen molar-refractivity contribution in [3.8, 4) is 17.6 Å². The Kier molecular flexibility index (Phi) is 3.89. The molecule has 2 aromatic carbocycles. The Labute approximate surface area is 145 Å². The Bertz CT molecular complexity index is 1050. The maximum atomic E-state index is 9.47. The maximum Gasteiger partial charge on any atom is 0.138 e. The lowest BCUT2D eigenvalue weighted by Gasteiger charge is -2.08. The first-order valence-electron chi connectivity index (χ1n) is 7.99. The van der Waals surface area contributed by atoms with Gasteiger partial charge in [0.15, 0.2) is 0 Å². The first-order valence-corrected chi connectivity index (χ1v) is 7.99. The van der Waals surface area contributed by atoms with Crippen LogP contribution in [0.1, 0.15) is 11.3 Å². The SMILES string of the molecule is N#Cc1cc2cc(OCc3ccccc3)ccc2n1-c1ccccn1. The van der Waals surface area contributed by atoms with E-state index in [0.29, 0.717) is 12.3 Å². The van der Waals surface area contributed by atoms with Gasteiger partial charge in [-0.25, -0.2) is 4.98 Å². The fourth-order valence-corrected chi connectivity index (χ4v) is 2.84. The molecule has 0 N–H and O–H groups in total. The number of ether oxygens (including phenoxy) is 1. The standard InChI is InChI=1S/C21H15N3O/c22-14-18-12-17-13-19(25-15-16-6-2-1-3-7-16)9-10-20(17)24(18)21-8-4-5-11-23-21/h1-13H,15H2. The molecule has 0 amide bonds. The zero-order chi connectivity index (χ0) is 17.1. The molecule has 4 nitrogen and oxygen atoms in total. The zero-order valence-electron chi connectivity index (χ0n) is 13.5. The molecule has 120 valence electrons. The van der Waals surface area contributed by atoms with Crippen molar-refractivity contribution < 1.29 is 4.74 Å². The average molecular weight is 325 g/mol. The van der Waals surface area contributed by atoms with E-state index < -0.39 is 0 Å². The number of nitrogens with zero attached hydrogens (tertiary/aromatic N) is 3. The van der Waals surface area contributed by atoms with Crippen LogP contribution in [0.3, 0.4) is 0 Å². The molecule has 2 heterocycles. The van der Waals surface area contributed by atoms with Crippen molar-refractivity contribution in [1.82, 2.24) is 9.55 Å². The van der Waals surface area contributed by atoms with Gasteiger partial charge in [-0.3, -0.25) is 4.57 Å². The van der Waals surface area contributed by atoms with Gasteiger partial charge in [-0.05, 0) is 42.0 Å². The van der Waals surface area contributed by atoms with Gasteiger partial charge in [0, 0.05) is 11.6 Å². The van der Waals surface area contributed by atoms with E-state index in [-0.39, 0.29) is 0 Å². The largest absolute Gasteiger partial charge is 0.489 e. The number of aromatic nitrogens is 2. The van der Waals surface area contributed by atoms with Crippen molar-refractivity contribution in [3.63, 3.8) is 0 Å². The molecule has 2 aromatic heterocycles. The van der Waals surface area contributed by atoms with Gasteiger partial charge in [0.05, 0.1) is 5.52 Å². The molecule has 4 rings (SSSR count). The van der Waals surface area contributed by atoms with Crippen LogP contribution in [0.15, 0.2) is 79.0 Å². The second-order valence-electron chi connectivity index (χ2n) is 5.66. The van der Waals surface area contributed by atoms with Gasteiger partial charge in [-0.2, -0.15) is 5.26 Å². The Morgan fingerprint density at radius 2 is 1.80 bits per heavy atom. The minimum Gasteiger partial charge on any atom is -0.489 e. The van der Waals surface area contributed by atoms with E-state index in [4.69, 9.17) is 4.74 Å². The molecule has 0 unspecified atom stereocenters. The predicted molar refractivity (Wildman–Crippen MR) is 96.6 cm³/mol. The maximum absolute atomic E-state index is 9.47. The molecule has 0 bridgehead atoms. The topological polar surface area (TPSA) is 50.8 Å². The zero-order valence-corrected chi connectivity index (χ0v) is 13.5. The van der Waals surface area contributed by atoms with Gasteiger partial charge >= 0.3 is 0 Å². The first kappa shape index (κ1) is 15.0. The van der Waals surface area contributed by atoms with E-state index in [9.17, 15) is 5.26 Å². The summed E-state index contributed by atoms with van der Waals surface area (Å²) in [6, 6.07) is 25.6. The Balaban J connectivity index is 1.69. The van der Waals surface area contributed by atoms with Crippen LogP contribution < -0.4 is 4.74 Å². The molecule has 0 atom stereocenters. The highest BCUT2D eigenvalue weighted by atomic mass is 16.5. The molecule has 4 heteroatoms. The lowest BCUT2D eigenvalue weighted by Crippen LogP contribution is -1.99. The van der Waals surface area contributed by atoms with Crippen molar-refractivity contribution in [2.45, 2.75) is 6.61 Å². The number of pyridine rings is 1. The highest BCUT2D eigenvalue weighted by Gasteiger charge is 2.12. The number of fused-ring (bicyclic) bond motifs is 1. The number of hydrogen-bond donors (Lipinski definition) is 0. The van der Waals surface area contributed by atoms with Crippen LogP contribution in [0.25, 0.3) is 16.7 Å². The predicted octanol–water partition coefficient (Wildman–Crippen LogP) is 4.48. The molecular weight excluding hydrogens is 310 g/mol. The van der Waals surface area contributed by atoms with Crippen LogP contribution >= 0.6 is 0 Å². The summed E-state index contributed by atoms with van der Waals surface area (Å²) in [4.78, 5) is 4.36. The molecule has 4 aromatic rings. The fourth-order valence-electron chi connectivity index (χ4n) is 2.84. The van der Waals surface area contributed by atoms with Gasteiger partial charge in [0.1, 0.15) is 29.9 Å². The van der Waals surface area contributed by atoms with Crippen LogP contribution in [-0.2, 0) is 6.61 Å². The quantitative estimate of drug-likeness (QED) is 0.556. The summed E-state index contributed by atoms with van der Waals surface area (Å²) in [5.74, 6) is 1.51. The minimum atomic E-state index is 0.512. The summed E-state index contributed by atoms with van der Waals surface area (Å²) in [5.41, 5.74) is 2.60. The molecule has 0 fully saturated rings. The monoisotopic (exact) mass is 325 g/mol. The van der Waals surface area contributed by atoms with Gasteiger partial charge in [0.25, 0.3) is 0 Å². The number of rotatable bonds is 4. The van der Waals surface area contributed by atoms with Crippen molar-refractivity contribution in [1.29, 1.82) is 5.26 Å². The number of benzene rings is 2. The number of nitriles is 1. The van der Waals surface area contributed by atoms with E-state index in [1.54, 1.807) is 6.20 Å². The third kappa shape index (κ3) is 2.96. The van der Waals surface area contributed by atoms with E-state index in [0.717, 1.165) is 28.0 Å². The minimum absolute atomic E-state index is 0.512. The Morgan fingerprint density at radius 3 is 2.56 bits per heavy atom. The molecule has 0 aliphatic carbocycles. The lowest BCUT2D eigenvalue weighted by molar-refractivity contribution is 0.306. The molecule has 0 aliphatic rings. The first-order chi connectivity index (χ1) is 12.3. The van der Waals surface area contributed by atoms with Crippen molar-refractivity contribution in [3.05, 3.63) is 90.3 Å². The third-order valence-corrected chi connectivity index (χ3v) is 4.01. The van der Waals surface area contributed by atoms with E-state index in [1.165, 1.54) is 0 Å². The fraction of sp³-hybridized carbons (Fsp3) is 0.0476. The molecule has 0 saturated carbocycles. The molecule has 0 spiro atoms. The smallest absolute Gasteiger partial charge is 0.138 e. The highest BCUT2D eigenvalue weighted by molar-refractivity contribution is 5.85. The summed E-state index contributed by atoms with van der Waals surface area (Å²) in [6.07, 6.45) is 1.72. The molecule has 0 radical (unpaired) electrons. The lowest BCUT2D eigenvalue weighted by atomic mass is 10.2. The molecule has 0 saturated heterocycles. The van der Waals surface area contributed by atoms with Crippen LogP contribution in [0.2, 0.25) is 0 Å². The van der Waals surface area contributed by atoms with Gasteiger partial charge < -0.3 is 4.74 Å². The highest BCUT2D eigenvalue weighted by Crippen LogP contribution is 2.27. The second-order valence-corrected chi connectivity index (χ2v) is 5.66. The Hall–Kier alpha value is -3.58. The average Bonchev–Trinajstić information content (AvgIpc) is 3.05. The molecule has 0 aliphatic heterocycles. The van der Waals surface area contributed by atoms with Crippen LogP contribution in [0, 0.1) is 11.3 Å². The van der Waals surface area contributed by atoms with Gasteiger partial charge in [0.2, 0.25) is 0 Å².